The van der Waals surface area contributed by atoms with Crippen molar-refractivity contribution in [3.63, 3.8) is 0 Å². The predicted octanol–water partition coefficient (Wildman–Crippen LogP) is 6.57. The normalized spacial score (nSPS) is 16.1. The molecule has 6 N–H and O–H groups in total. The average molecular weight is 592 g/mol. The molecule has 42 heavy (non-hydrogen) atoms. The van der Waals surface area contributed by atoms with Crippen LogP contribution in [0.3, 0.4) is 0 Å². The number of nitrogens with two attached hydrogens (primary N) is 1. The van der Waals surface area contributed by atoms with Crippen LogP contribution >= 0.6 is 11.9 Å². The highest BCUT2D eigenvalue weighted by Gasteiger charge is 2.51. The summed E-state index contributed by atoms with van der Waals surface area (Å²) >= 11 is 1.52. The van der Waals surface area contributed by atoms with Gasteiger partial charge in [0.25, 0.3) is 0 Å². The van der Waals surface area contributed by atoms with E-state index in [1.807, 2.05) is 30.3 Å². The van der Waals surface area contributed by atoms with Gasteiger partial charge in [0.05, 0.1) is 11.0 Å². The molecular weight excluding hydrogens is 563 g/mol. The molecule has 4 aromatic rings. The Labute approximate surface area is 244 Å². The Morgan fingerprint density at radius 3 is 2.60 bits per heavy atom. The summed E-state index contributed by atoms with van der Waals surface area (Å²) in [4.78, 5) is 23.4. The maximum absolute atomic E-state index is 13.2. The molecular formula is C30H28F3N7OS. The number of nitrogens with zero attached hydrogens (tertiary/aromatic N) is 2. The van der Waals surface area contributed by atoms with Gasteiger partial charge in [0.15, 0.2) is 0 Å². The van der Waals surface area contributed by atoms with Crippen LogP contribution in [-0.4, -0.2) is 29.0 Å². The highest BCUT2D eigenvalue weighted by molar-refractivity contribution is 7.97. The van der Waals surface area contributed by atoms with Crippen molar-refractivity contribution < 1.29 is 18.0 Å². The van der Waals surface area contributed by atoms with E-state index in [-0.39, 0.29) is 5.91 Å². The van der Waals surface area contributed by atoms with E-state index >= 15 is 0 Å². The maximum Gasteiger partial charge on any atom is 0.416 e. The molecule has 0 atom stereocenters. The summed E-state index contributed by atoms with van der Waals surface area (Å²) in [6.07, 6.45) is -0.884. The lowest BCUT2D eigenvalue weighted by atomic mass is 9.93. The van der Waals surface area contributed by atoms with Crippen LogP contribution in [-0.2, 0) is 16.4 Å². The van der Waals surface area contributed by atoms with E-state index in [9.17, 15) is 18.0 Å². The number of halogens is 3. The minimum atomic E-state index is -4.46. The van der Waals surface area contributed by atoms with Crippen molar-refractivity contribution in [2.24, 2.45) is 0 Å². The number of benzene rings is 3. The molecule has 1 aliphatic carbocycles. The van der Waals surface area contributed by atoms with Gasteiger partial charge in [-0.2, -0.15) is 18.2 Å². The second-order valence-electron chi connectivity index (χ2n) is 10.3. The van der Waals surface area contributed by atoms with Crippen LogP contribution in [0.5, 0.6) is 0 Å². The van der Waals surface area contributed by atoms with E-state index in [2.05, 4.69) is 25.7 Å². The summed E-state index contributed by atoms with van der Waals surface area (Å²) in [5.41, 5.74) is 8.33. The third-order valence-electron chi connectivity index (χ3n) is 7.29. The number of carbonyl (C=O) groups excluding carboxylic acids is 1. The summed E-state index contributed by atoms with van der Waals surface area (Å²) < 4.78 is 43.1. The standard InChI is InChI=1S/C30H28F3N7OS/c31-30(32,33)20-4-1-3-19(13-20)29(9-10-29)27(41)38-22-7-5-18(6-8-22)25-17-36-28-39-23-14-21(34)15-24(16-23)42-37-12-2-11-35-26(25)40-28/h1,3-8,13-17,37H,2,9-12,34H2,(H,38,41)(H2,35,36,39,40). The molecule has 0 unspecified atom stereocenters. The number of hydrogen-bond donors (Lipinski definition) is 5. The van der Waals surface area contributed by atoms with Crippen LogP contribution in [0.25, 0.3) is 11.1 Å². The molecule has 2 aliphatic rings. The Kier molecular flexibility index (Phi) is 7.42. The lowest BCUT2D eigenvalue weighted by Crippen LogP contribution is -2.28. The van der Waals surface area contributed by atoms with Gasteiger partial charge in [0, 0.05) is 46.8 Å². The molecule has 3 aromatic carbocycles. The molecule has 1 fully saturated rings. The number of carbonyl (C=O) groups is 1. The van der Waals surface area contributed by atoms with E-state index in [0.29, 0.717) is 48.1 Å². The molecule has 12 heteroatoms. The fraction of sp³-hybridized carbons (Fsp3) is 0.233. The summed E-state index contributed by atoms with van der Waals surface area (Å²) in [7, 11) is 0. The first-order valence-electron chi connectivity index (χ1n) is 13.5. The molecule has 1 saturated carbocycles. The Balaban J connectivity index is 1.21. The number of fused-ring (bicyclic) bond motifs is 4. The van der Waals surface area contributed by atoms with Crippen LogP contribution in [0.4, 0.5) is 42.0 Å². The second-order valence-corrected chi connectivity index (χ2v) is 11.3. The fourth-order valence-corrected chi connectivity index (χ4v) is 5.71. The largest absolute Gasteiger partial charge is 0.416 e. The first-order valence-corrected chi connectivity index (χ1v) is 14.3. The minimum Gasteiger partial charge on any atom is -0.399 e. The van der Waals surface area contributed by atoms with Crippen molar-refractivity contribution in [3.05, 3.63) is 84.1 Å². The smallest absolute Gasteiger partial charge is 0.399 e. The van der Waals surface area contributed by atoms with Gasteiger partial charge < -0.3 is 21.7 Å². The molecule has 0 radical (unpaired) electrons. The fourth-order valence-electron chi connectivity index (χ4n) is 4.92. The zero-order chi connectivity index (χ0) is 29.3. The number of amides is 1. The van der Waals surface area contributed by atoms with E-state index in [0.717, 1.165) is 46.8 Å². The molecule has 1 aliphatic heterocycles. The van der Waals surface area contributed by atoms with Gasteiger partial charge in [-0.25, -0.2) is 4.98 Å². The monoisotopic (exact) mass is 591 g/mol. The first-order chi connectivity index (χ1) is 20.2. The van der Waals surface area contributed by atoms with Crippen LogP contribution in [0.15, 0.2) is 77.8 Å². The quantitative estimate of drug-likeness (QED) is 0.134. The van der Waals surface area contributed by atoms with Crippen molar-refractivity contribution in [2.75, 3.05) is 34.8 Å². The molecule has 2 heterocycles. The summed E-state index contributed by atoms with van der Waals surface area (Å²) in [6, 6.07) is 18.0. The Morgan fingerprint density at radius 1 is 1.02 bits per heavy atom. The van der Waals surface area contributed by atoms with Gasteiger partial charge in [-0.3, -0.25) is 9.52 Å². The summed E-state index contributed by atoms with van der Waals surface area (Å²) in [5, 5.41) is 9.52. The van der Waals surface area contributed by atoms with Crippen LogP contribution in [0, 0.1) is 0 Å². The average Bonchev–Trinajstić information content (AvgIpc) is 3.77. The molecule has 6 rings (SSSR count). The van der Waals surface area contributed by atoms with Gasteiger partial charge >= 0.3 is 6.18 Å². The van der Waals surface area contributed by atoms with Crippen molar-refractivity contribution in [1.29, 1.82) is 0 Å². The number of alkyl halides is 3. The molecule has 0 spiro atoms. The highest BCUT2D eigenvalue weighted by Crippen LogP contribution is 2.50. The van der Waals surface area contributed by atoms with Gasteiger partial charge in [0.2, 0.25) is 11.9 Å². The molecule has 4 bridgehead atoms. The number of nitrogen functional groups attached to an aromatic ring is 1. The number of rotatable bonds is 4. The molecule has 1 amide bonds. The third-order valence-corrected chi connectivity index (χ3v) is 8.11. The number of anilines is 5. The zero-order valence-electron chi connectivity index (χ0n) is 22.4. The number of nitrogens with one attached hydrogen (secondary N) is 4. The van der Waals surface area contributed by atoms with Crippen LogP contribution < -0.4 is 26.4 Å². The Morgan fingerprint density at radius 2 is 1.83 bits per heavy atom. The third kappa shape index (κ3) is 6.00. The van der Waals surface area contributed by atoms with Gasteiger partial charge in [-0.1, -0.05) is 30.3 Å². The minimum absolute atomic E-state index is 0.315. The number of hydrogen-bond acceptors (Lipinski definition) is 8. The molecule has 0 saturated heterocycles. The predicted molar refractivity (Wildman–Crippen MR) is 160 cm³/mol. The van der Waals surface area contributed by atoms with Crippen molar-refractivity contribution in [2.45, 2.75) is 35.7 Å². The van der Waals surface area contributed by atoms with Crippen LogP contribution in [0.2, 0.25) is 0 Å². The molecule has 216 valence electrons. The van der Waals surface area contributed by atoms with Gasteiger partial charge in [0.1, 0.15) is 5.82 Å². The molecule has 1 aromatic heterocycles. The van der Waals surface area contributed by atoms with Crippen molar-refractivity contribution in [3.8, 4) is 11.1 Å². The van der Waals surface area contributed by atoms with E-state index < -0.39 is 17.2 Å². The van der Waals surface area contributed by atoms with Crippen LogP contribution in [0.1, 0.15) is 30.4 Å². The zero-order valence-corrected chi connectivity index (χ0v) is 23.2. The highest BCUT2D eigenvalue weighted by atomic mass is 32.2. The topological polar surface area (TPSA) is 117 Å². The first kappa shape index (κ1) is 27.9. The van der Waals surface area contributed by atoms with Crippen molar-refractivity contribution in [1.82, 2.24) is 14.7 Å². The summed E-state index contributed by atoms with van der Waals surface area (Å²) in [6.45, 7) is 1.46. The summed E-state index contributed by atoms with van der Waals surface area (Å²) in [5.74, 6) is 0.759. The molecule has 8 nitrogen and oxygen atoms in total. The van der Waals surface area contributed by atoms with E-state index in [4.69, 9.17) is 10.7 Å². The van der Waals surface area contributed by atoms with Gasteiger partial charge in [-0.15, -0.1) is 0 Å². The van der Waals surface area contributed by atoms with Crippen molar-refractivity contribution >= 4 is 46.7 Å². The SMILES string of the molecule is Nc1cc2cc(c1)SNCCCNc1nc(ncc1-c1ccc(NC(=O)C3(c4cccc(C(F)(F)F)c4)CC3)cc1)N2. The number of aromatic nitrogens is 2. The second kappa shape index (κ2) is 11.2. The maximum atomic E-state index is 13.2. The lowest BCUT2D eigenvalue weighted by molar-refractivity contribution is -0.137. The lowest BCUT2D eigenvalue weighted by Gasteiger charge is -2.18. The van der Waals surface area contributed by atoms with E-state index in [1.54, 1.807) is 24.4 Å². The Hall–Kier alpha value is -4.29. The van der Waals surface area contributed by atoms with E-state index in [1.165, 1.54) is 18.0 Å². The Bertz CT molecular complexity index is 1620. The van der Waals surface area contributed by atoms with Gasteiger partial charge in [-0.05, 0) is 78.7 Å².